The van der Waals surface area contributed by atoms with Crippen LogP contribution < -0.4 is 9.64 Å². The Hall–Kier alpha value is -1.70. The molecular formula is C17H23NO. The number of anilines is 1. The van der Waals surface area contributed by atoms with E-state index >= 15 is 0 Å². The normalized spacial score (nSPS) is 13.6. The van der Waals surface area contributed by atoms with E-state index in [2.05, 4.69) is 43.2 Å². The Bertz CT molecular complexity index is 464. The maximum Gasteiger partial charge on any atom is 0.142 e. The van der Waals surface area contributed by atoms with Crippen molar-refractivity contribution in [3.8, 4) is 5.75 Å². The maximum atomic E-state index is 5.70. The van der Waals surface area contributed by atoms with Gasteiger partial charge in [-0.3, -0.25) is 0 Å². The number of benzene rings is 1. The highest BCUT2D eigenvalue weighted by molar-refractivity contribution is 5.61. The molecule has 2 rings (SSSR count). The van der Waals surface area contributed by atoms with Crippen LogP contribution in [0.4, 0.5) is 5.69 Å². The van der Waals surface area contributed by atoms with E-state index in [1.165, 1.54) is 16.8 Å². The molecule has 0 spiro atoms. The van der Waals surface area contributed by atoms with Crippen molar-refractivity contribution in [3.63, 3.8) is 0 Å². The predicted octanol–water partition coefficient (Wildman–Crippen LogP) is 4.11. The van der Waals surface area contributed by atoms with Crippen LogP contribution in [0.1, 0.15) is 24.8 Å². The van der Waals surface area contributed by atoms with E-state index in [9.17, 15) is 0 Å². The van der Waals surface area contributed by atoms with E-state index in [0.29, 0.717) is 0 Å². The van der Waals surface area contributed by atoms with Crippen molar-refractivity contribution >= 4 is 5.69 Å². The van der Waals surface area contributed by atoms with Crippen LogP contribution in [0.3, 0.4) is 0 Å². The van der Waals surface area contributed by atoms with Crippen LogP contribution in [0, 0.1) is 6.92 Å². The Labute approximate surface area is 116 Å². The van der Waals surface area contributed by atoms with Gasteiger partial charge in [-0.15, -0.1) is 6.58 Å². The van der Waals surface area contributed by atoms with Crippen molar-refractivity contribution in [1.29, 1.82) is 0 Å². The first-order valence-corrected chi connectivity index (χ1v) is 6.96. The lowest BCUT2D eigenvalue weighted by Crippen LogP contribution is -2.33. The zero-order valence-corrected chi connectivity index (χ0v) is 11.8. The fourth-order valence-electron chi connectivity index (χ4n) is 2.44. The number of rotatable bonds is 6. The summed E-state index contributed by atoms with van der Waals surface area (Å²) in [5.74, 6) is 1.02. The molecule has 0 aromatic heterocycles. The topological polar surface area (TPSA) is 12.5 Å². The molecule has 0 N–H and O–H groups in total. The zero-order valence-electron chi connectivity index (χ0n) is 11.8. The second-order valence-corrected chi connectivity index (χ2v) is 5.15. The average Bonchev–Trinajstić information content (AvgIpc) is 2.39. The van der Waals surface area contributed by atoms with Crippen LogP contribution in [-0.4, -0.2) is 19.7 Å². The summed E-state index contributed by atoms with van der Waals surface area (Å²) in [6.45, 7) is 12.8. The smallest absolute Gasteiger partial charge is 0.142 e. The van der Waals surface area contributed by atoms with E-state index < -0.39 is 0 Å². The molecule has 102 valence electrons. The lowest BCUT2D eigenvalue weighted by atomic mass is 10.1. The summed E-state index contributed by atoms with van der Waals surface area (Å²) in [6, 6.07) is 6.40. The molecule has 0 aliphatic carbocycles. The van der Waals surface area contributed by atoms with Crippen LogP contribution in [0.15, 0.2) is 43.0 Å². The van der Waals surface area contributed by atoms with Crippen molar-refractivity contribution < 1.29 is 4.74 Å². The van der Waals surface area contributed by atoms with Crippen LogP contribution >= 0.6 is 0 Å². The van der Waals surface area contributed by atoms with Crippen LogP contribution in [0.5, 0.6) is 5.75 Å². The first-order chi connectivity index (χ1) is 9.20. The maximum absolute atomic E-state index is 5.70. The molecule has 0 fully saturated rings. The van der Waals surface area contributed by atoms with E-state index in [-0.39, 0.29) is 0 Å². The molecule has 0 atom stereocenters. The van der Waals surface area contributed by atoms with E-state index in [1.807, 2.05) is 6.08 Å². The highest BCUT2D eigenvalue weighted by Crippen LogP contribution is 2.32. The van der Waals surface area contributed by atoms with Crippen molar-refractivity contribution in [1.82, 2.24) is 0 Å². The molecule has 1 aromatic rings. The van der Waals surface area contributed by atoms with E-state index in [1.54, 1.807) is 0 Å². The first-order valence-electron chi connectivity index (χ1n) is 6.96. The third kappa shape index (κ3) is 3.63. The van der Waals surface area contributed by atoms with Gasteiger partial charge in [-0.25, -0.2) is 0 Å². The number of hydrogen-bond acceptors (Lipinski definition) is 2. The fourth-order valence-corrected chi connectivity index (χ4v) is 2.44. The van der Waals surface area contributed by atoms with E-state index in [4.69, 9.17) is 4.74 Å². The molecule has 1 aliphatic rings. The van der Waals surface area contributed by atoms with Crippen molar-refractivity contribution in [2.75, 3.05) is 24.6 Å². The van der Waals surface area contributed by atoms with Gasteiger partial charge in [-0.1, -0.05) is 24.3 Å². The fraction of sp³-hybridized carbons (Fsp3) is 0.412. The minimum Gasteiger partial charge on any atom is -0.490 e. The third-order valence-corrected chi connectivity index (χ3v) is 3.47. The average molecular weight is 257 g/mol. The Morgan fingerprint density at radius 2 is 2.32 bits per heavy atom. The summed E-state index contributed by atoms with van der Waals surface area (Å²) in [5, 5.41) is 0. The minimum absolute atomic E-state index is 0.781. The number of hydrogen-bond donors (Lipinski definition) is 0. The minimum atomic E-state index is 0.781. The lowest BCUT2D eigenvalue weighted by Gasteiger charge is -2.31. The number of allylic oxidation sites excluding steroid dienone is 2. The Kier molecular flexibility index (Phi) is 4.67. The standard InChI is InChI=1S/C17H23NO/c1-4-6-14(2)7-5-10-18-11-12-19-17-9-8-15(3)13-16(17)18/h4,8-9,13H,1-2,5-7,10-12H2,3H3. The lowest BCUT2D eigenvalue weighted by molar-refractivity contribution is 0.307. The quantitative estimate of drug-likeness (QED) is 0.711. The SMILES string of the molecule is C=CCC(=C)CCCN1CCOc2ccc(C)cc21. The van der Waals surface area contributed by atoms with Crippen molar-refractivity contribution in [2.45, 2.75) is 26.2 Å². The molecule has 0 unspecified atom stereocenters. The summed E-state index contributed by atoms with van der Waals surface area (Å²) in [6.07, 6.45) is 5.07. The molecule has 1 aliphatic heterocycles. The van der Waals surface area contributed by atoms with Gasteiger partial charge in [0.1, 0.15) is 12.4 Å². The number of nitrogens with zero attached hydrogens (tertiary/aromatic N) is 1. The van der Waals surface area contributed by atoms with Gasteiger partial charge in [0.15, 0.2) is 0 Å². The Morgan fingerprint density at radius 3 is 3.11 bits per heavy atom. The Balaban J connectivity index is 1.94. The first kappa shape index (κ1) is 13.7. The molecule has 0 radical (unpaired) electrons. The van der Waals surface area contributed by atoms with Crippen LogP contribution in [0.2, 0.25) is 0 Å². The number of fused-ring (bicyclic) bond motifs is 1. The van der Waals surface area contributed by atoms with Gasteiger partial charge in [-0.05, 0) is 43.9 Å². The largest absolute Gasteiger partial charge is 0.490 e. The molecule has 0 saturated heterocycles. The molecule has 0 amide bonds. The summed E-state index contributed by atoms with van der Waals surface area (Å²) in [7, 11) is 0. The van der Waals surface area contributed by atoms with Gasteiger partial charge < -0.3 is 9.64 Å². The molecular weight excluding hydrogens is 234 g/mol. The second kappa shape index (κ2) is 6.46. The van der Waals surface area contributed by atoms with Gasteiger partial charge in [-0.2, -0.15) is 0 Å². The monoisotopic (exact) mass is 257 g/mol. The van der Waals surface area contributed by atoms with Gasteiger partial charge >= 0.3 is 0 Å². The van der Waals surface area contributed by atoms with Gasteiger partial charge in [0, 0.05) is 6.54 Å². The van der Waals surface area contributed by atoms with Crippen LogP contribution in [-0.2, 0) is 0 Å². The van der Waals surface area contributed by atoms with Crippen molar-refractivity contribution in [2.24, 2.45) is 0 Å². The van der Waals surface area contributed by atoms with Gasteiger partial charge in [0.25, 0.3) is 0 Å². The summed E-state index contributed by atoms with van der Waals surface area (Å²) < 4.78 is 5.70. The molecule has 1 aromatic carbocycles. The Morgan fingerprint density at radius 1 is 1.47 bits per heavy atom. The highest BCUT2D eigenvalue weighted by Gasteiger charge is 2.17. The highest BCUT2D eigenvalue weighted by atomic mass is 16.5. The summed E-state index contributed by atoms with van der Waals surface area (Å²) in [5.41, 5.74) is 3.79. The molecule has 2 heteroatoms. The molecule has 0 saturated carbocycles. The zero-order chi connectivity index (χ0) is 13.7. The van der Waals surface area contributed by atoms with Crippen molar-refractivity contribution in [3.05, 3.63) is 48.6 Å². The predicted molar refractivity (Wildman–Crippen MR) is 82.1 cm³/mol. The third-order valence-electron chi connectivity index (χ3n) is 3.47. The van der Waals surface area contributed by atoms with E-state index in [0.717, 1.165) is 44.7 Å². The summed E-state index contributed by atoms with van der Waals surface area (Å²) in [4.78, 5) is 2.42. The number of aryl methyl sites for hydroxylation is 1. The molecule has 1 heterocycles. The molecule has 19 heavy (non-hydrogen) atoms. The van der Waals surface area contributed by atoms with Gasteiger partial charge in [0.2, 0.25) is 0 Å². The molecule has 0 bridgehead atoms. The van der Waals surface area contributed by atoms with Gasteiger partial charge in [0.05, 0.1) is 12.2 Å². The van der Waals surface area contributed by atoms with Crippen LogP contribution in [0.25, 0.3) is 0 Å². The second-order valence-electron chi connectivity index (χ2n) is 5.15. The molecule has 2 nitrogen and oxygen atoms in total. The summed E-state index contributed by atoms with van der Waals surface area (Å²) >= 11 is 0. The number of ether oxygens (including phenoxy) is 1.